The second-order valence-electron chi connectivity index (χ2n) is 20.6. The molecule has 0 aromatic heterocycles. The number of hydrogen-bond donors (Lipinski definition) is 0. The topological polar surface area (TPSA) is 0 Å². The van der Waals surface area contributed by atoms with Gasteiger partial charge in [0.25, 0.3) is 0 Å². The van der Waals surface area contributed by atoms with Gasteiger partial charge in [-0.15, -0.1) is 33.3 Å². The van der Waals surface area contributed by atoms with Crippen molar-refractivity contribution in [2.24, 2.45) is 0 Å². The highest BCUT2D eigenvalue weighted by Crippen LogP contribution is 2.52. The molecule has 0 bridgehead atoms. The zero-order chi connectivity index (χ0) is 42.4. The van der Waals surface area contributed by atoms with Crippen molar-refractivity contribution in [2.75, 3.05) is 0 Å². The van der Waals surface area contributed by atoms with E-state index in [2.05, 4.69) is 235 Å². The van der Waals surface area contributed by atoms with Gasteiger partial charge in [0.15, 0.2) is 45.5 Å². The third kappa shape index (κ3) is 8.04. The van der Waals surface area contributed by atoms with Crippen LogP contribution in [0.2, 0.25) is 66.5 Å². The van der Waals surface area contributed by atoms with E-state index in [4.69, 9.17) is 0 Å². The second kappa shape index (κ2) is 19.4. The quantitative estimate of drug-likeness (QED) is 0.136. The van der Waals surface area contributed by atoms with Gasteiger partial charge in [0, 0.05) is 0 Å². The smallest absolute Gasteiger partial charge is 0.119 e. The summed E-state index contributed by atoms with van der Waals surface area (Å²) in [6, 6.07) is 0. The van der Waals surface area contributed by atoms with Gasteiger partial charge in [0.2, 0.25) is 0 Å². The third-order valence-electron chi connectivity index (χ3n) is 14.8. The van der Waals surface area contributed by atoms with Crippen LogP contribution in [0.5, 0.6) is 0 Å². The first-order chi connectivity index (χ1) is 24.7. The lowest BCUT2D eigenvalue weighted by molar-refractivity contribution is 0.888. The van der Waals surface area contributed by atoms with Gasteiger partial charge in [-0.3, -0.25) is 0 Å². The van der Waals surface area contributed by atoms with Gasteiger partial charge in [-0.05, 0) is 102 Å². The van der Waals surface area contributed by atoms with Gasteiger partial charge in [-0.25, -0.2) is 0 Å². The summed E-state index contributed by atoms with van der Waals surface area (Å²) in [5.74, 6) is 22.4. The van der Waals surface area contributed by atoms with Crippen molar-refractivity contribution in [3.63, 3.8) is 0 Å². The summed E-state index contributed by atoms with van der Waals surface area (Å²) < 4.78 is 0. The fraction of sp³-hybridized carbons (Fsp3) is 0.750. The Bertz CT molecular complexity index is 1290. The first-order valence-electron chi connectivity index (χ1n) is 21.8. The molecular formula is C48H84Si6. The zero-order valence-electron chi connectivity index (χ0n) is 39.9. The first-order valence-corrected chi connectivity index (χ1v) is 37.7. The molecule has 1 aliphatic heterocycles. The van der Waals surface area contributed by atoms with Crippen molar-refractivity contribution in [3.8, 4) is 68.8 Å². The van der Waals surface area contributed by atoms with Crippen LogP contribution >= 0.6 is 0 Å². The monoisotopic (exact) mass is 829 g/mol. The van der Waals surface area contributed by atoms with Gasteiger partial charge in [0.05, 0.1) is 0 Å². The average molecular weight is 830 g/mol. The normalized spacial score (nSPS) is 19.8. The molecule has 0 amide bonds. The molecule has 0 aromatic carbocycles. The lowest BCUT2D eigenvalue weighted by Gasteiger charge is -2.51. The van der Waals surface area contributed by atoms with Crippen LogP contribution in [0.15, 0.2) is 0 Å². The molecular weight excluding hydrogens is 745 g/mol. The maximum Gasteiger partial charge on any atom is 0.151 e. The Morgan fingerprint density at radius 1 is 0.167 bits per heavy atom. The predicted octanol–water partition coefficient (Wildman–Crippen LogP) is 14.1. The molecule has 1 rings (SSSR count). The van der Waals surface area contributed by atoms with E-state index in [1.807, 2.05) is 0 Å². The molecule has 0 saturated heterocycles. The number of hydrogen-bond acceptors (Lipinski definition) is 0. The maximum absolute atomic E-state index is 4.21. The van der Waals surface area contributed by atoms with E-state index in [0.29, 0.717) is 66.5 Å². The standard InChI is InChI=1S/C48H84Si6/c1-37(2)49(38(3)4)31-25-26-33-51(41(9)10,42(11)12)53(45(17)18,46(19)20)35-29-30-36-54(47(21)22,48(23)24)52(43(13)14,44(15)16)34-28-27-32-50(49,39(5)6)40(7)8/h37-48H,1-24H3. The van der Waals surface area contributed by atoms with Crippen LogP contribution in [0.25, 0.3) is 0 Å². The SMILES string of the molecule is CC(C)[Si]1(C(C)C)C#CC#C[Si](C(C)C)(C(C)C)[Si](C(C)C)(C(C)C)C#CC#C[Si](C(C)C)(C(C)C)[Si](C(C)C)(C(C)C)C#CC#C[Si]1(C(C)C)C(C)C. The molecule has 0 unspecified atom stereocenters. The van der Waals surface area contributed by atoms with E-state index in [0.717, 1.165) is 0 Å². The Hall–Kier alpha value is -1.34. The van der Waals surface area contributed by atoms with Crippen LogP contribution in [0.3, 0.4) is 0 Å². The molecule has 0 saturated carbocycles. The van der Waals surface area contributed by atoms with Crippen molar-refractivity contribution >= 4 is 45.5 Å². The summed E-state index contributed by atoms with van der Waals surface area (Å²) in [6.07, 6.45) is 0. The molecule has 0 aliphatic carbocycles. The fourth-order valence-corrected chi connectivity index (χ4v) is 77.9. The van der Waals surface area contributed by atoms with Crippen molar-refractivity contribution in [2.45, 2.75) is 233 Å². The predicted molar refractivity (Wildman–Crippen MR) is 262 cm³/mol. The van der Waals surface area contributed by atoms with E-state index in [-0.39, 0.29) is 0 Å². The Kier molecular flexibility index (Phi) is 18.2. The van der Waals surface area contributed by atoms with Gasteiger partial charge < -0.3 is 0 Å². The van der Waals surface area contributed by atoms with Gasteiger partial charge >= 0.3 is 0 Å². The van der Waals surface area contributed by atoms with Crippen LogP contribution in [0.4, 0.5) is 0 Å². The Morgan fingerprint density at radius 2 is 0.241 bits per heavy atom. The highest BCUT2D eigenvalue weighted by atomic mass is 29.3. The van der Waals surface area contributed by atoms with Crippen molar-refractivity contribution in [1.82, 2.24) is 0 Å². The molecule has 6 heteroatoms. The summed E-state index contributed by atoms with van der Waals surface area (Å²) in [4.78, 5) is 0. The molecule has 0 N–H and O–H groups in total. The molecule has 0 radical (unpaired) electrons. The van der Waals surface area contributed by atoms with E-state index in [1.54, 1.807) is 0 Å². The highest BCUT2D eigenvalue weighted by molar-refractivity contribution is 7.51. The summed E-state index contributed by atoms with van der Waals surface area (Å²) in [7, 11) is -14.3. The molecule has 0 atom stereocenters. The van der Waals surface area contributed by atoms with Gasteiger partial charge in [0.1, 0.15) is 0 Å². The molecule has 0 nitrogen and oxygen atoms in total. The highest BCUT2D eigenvalue weighted by Gasteiger charge is 2.64. The lowest BCUT2D eigenvalue weighted by atomic mass is 10.5. The molecule has 0 spiro atoms. The van der Waals surface area contributed by atoms with Crippen LogP contribution in [0, 0.1) is 68.8 Å². The minimum atomic E-state index is -2.38. The largest absolute Gasteiger partial charge is 0.151 e. The Balaban J connectivity index is 5.23. The summed E-state index contributed by atoms with van der Waals surface area (Å²) >= 11 is 0. The molecule has 0 fully saturated rings. The Labute approximate surface area is 345 Å². The summed E-state index contributed by atoms with van der Waals surface area (Å²) in [5, 5.41) is 0. The molecule has 54 heavy (non-hydrogen) atoms. The zero-order valence-corrected chi connectivity index (χ0v) is 45.9. The molecule has 1 heterocycles. The van der Waals surface area contributed by atoms with Crippen molar-refractivity contribution < 1.29 is 0 Å². The van der Waals surface area contributed by atoms with Gasteiger partial charge in [-0.1, -0.05) is 166 Å². The summed E-state index contributed by atoms with van der Waals surface area (Å²) in [6.45, 7) is 59.1. The first kappa shape index (κ1) is 50.7. The molecule has 300 valence electrons. The third-order valence-corrected chi connectivity index (χ3v) is 79.3. The van der Waals surface area contributed by atoms with E-state index in [9.17, 15) is 0 Å². The summed E-state index contributed by atoms with van der Waals surface area (Å²) in [5.41, 5.74) is 30.9. The minimum Gasteiger partial charge on any atom is -0.119 e. The van der Waals surface area contributed by atoms with Gasteiger partial charge in [-0.2, -0.15) is 0 Å². The van der Waals surface area contributed by atoms with E-state index < -0.39 is 45.5 Å². The van der Waals surface area contributed by atoms with E-state index >= 15 is 0 Å². The van der Waals surface area contributed by atoms with Crippen LogP contribution in [-0.4, -0.2) is 45.5 Å². The lowest BCUT2D eigenvalue weighted by Crippen LogP contribution is -2.69. The number of rotatable bonds is 12. The van der Waals surface area contributed by atoms with Crippen LogP contribution < -0.4 is 0 Å². The van der Waals surface area contributed by atoms with E-state index in [1.165, 1.54) is 0 Å². The van der Waals surface area contributed by atoms with Crippen LogP contribution in [-0.2, 0) is 0 Å². The Morgan fingerprint density at radius 3 is 0.296 bits per heavy atom. The fourth-order valence-electron chi connectivity index (χ4n) is 12.9. The minimum absolute atomic E-state index is 0.469. The average Bonchev–Trinajstić information content (AvgIpc) is 3.01. The van der Waals surface area contributed by atoms with Crippen molar-refractivity contribution in [1.29, 1.82) is 0 Å². The maximum atomic E-state index is 4.21. The van der Waals surface area contributed by atoms with Crippen LogP contribution in [0.1, 0.15) is 166 Å². The second-order valence-corrected chi connectivity index (χ2v) is 61.2. The molecule has 1 aliphatic rings. The van der Waals surface area contributed by atoms with Crippen molar-refractivity contribution in [3.05, 3.63) is 0 Å². The molecule has 0 aromatic rings.